The van der Waals surface area contributed by atoms with Gasteiger partial charge in [-0.3, -0.25) is 4.79 Å². The standard InChI is InChI=1S/C21H25ClN2O3S/c1-2-23(15-17-7-4-3-5-8-17)21(25)18-9-6-14-24(16-18)28(26,27)20-12-10-19(22)11-13-20/h3-5,7-8,10-13,18H,2,6,9,14-16H2,1H3/t18-/m0/s1. The highest BCUT2D eigenvalue weighted by Gasteiger charge is 2.34. The summed E-state index contributed by atoms with van der Waals surface area (Å²) in [6.45, 7) is 3.73. The van der Waals surface area contributed by atoms with Crippen LogP contribution in [0.2, 0.25) is 5.02 Å². The number of carbonyl (C=O) groups is 1. The predicted octanol–water partition coefficient (Wildman–Crippen LogP) is 3.79. The van der Waals surface area contributed by atoms with Gasteiger partial charge in [-0.05, 0) is 49.6 Å². The summed E-state index contributed by atoms with van der Waals surface area (Å²) in [7, 11) is -3.63. The maximum Gasteiger partial charge on any atom is 0.243 e. The number of hydrogen-bond donors (Lipinski definition) is 0. The van der Waals surface area contributed by atoms with Crippen molar-refractivity contribution in [3.05, 3.63) is 65.2 Å². The molecule has 1 atom stereocenters. The maximum absolute atomic E-state index is 13.1. The molecule has 28 heavy (non-hydrogen) atoms. The summed E-state index contributed by atoms with van der Waals surface area (Å²) in [5.74, 6) is -0.304. The van der Waals surface area contributed by atoms with Crippen LogP contribution >= 0.6 is 11.6 Å². The van der Waals surface area contributed by atoms with Gasteiger partial charge in [0.05, 0.1) is 10.8 Å². The van der Waals surface area contributed by atoms with Gasteiger partial charge in [-0.15, -0.1) is 0 Å². The van der Waals surface area contributed by atoms with Crippen LogP contribution in [0.25, 0.3) is 0 Å². The topological polar surface area (TPSA) is 57.7 Å². The molecule has 0 spiro atoms. The van der Waals surface area contributed by atoms with Gasteiger partial charge >= 0.3 is 0 Å². The smallest absolute Gasteiger partial charge is 0.243 e. The fourth-order valence-corrected chi connectivity index (χ4v) is 5.18. The number of rotatable bonds is 6. The van der Waals surface area contributed by atoms with E-state index in [1.54, 1.807) is 17.0 Å². The largest absolute Gasteiger partial charge is 0.338 e. The van der Waals surface area contributed by atoms with Crippen molar-refractivity contribution in [3.63, 3.8) is 0 Å². The van der Waals surface area contributed by atoms with Gasteiger partial charge < -0.3 is 4.90 Å². The lowest BCUT2D eigenvalue weighted by atomic mass is 9.98. The Labute approximate surface area is 172 Å². The summed E-state index contributed by atoms with van der Waals surface area (Å²) in [6, 6.07) is 16.0. The summed E-state index contributed by atoms with van der Waals surface area (Å²) in [5.41, 5.74) is 1.07. The first-order valence-electron chi connectivity index (χ1n) is 9.50. The Morgan fingerprint density at radius 2 is 1.82 bits per heavy atom. The highest BCUT2D eigenvalue weighted by atomic mass is 35.5. The van der Waals surface area contributed by atoms with Gasteiger partial charge in [0.15, 0.2) is 0 Å². The van der Waals surface area contributed by atoms with E-state index in [-0.39, 0.29) is 23.3 Å². The van der Waals surface area contributed by atoms with Crippen molar-refractivity contribution in [3.8, 4) is 0 Å². The quantitative estimate of drug-likeness (QED) is 0.714. The number of carbonyl (C=O) groups excluding carboxylic acids is 1. The number of sulfonamides is 1. The molecule has 5 nitrogen and oxygen atoms in total. The SMILES string of the molecule is CCN(Cc1ccccc1)C(=O)[C@H]1CCCN(S(=O)(=O)c2ccc(Cl)cc2)C1. The van der Waals surface area contributed by atoms with Gasteiger partial charge in [-0.1, -0.05) is 41.9 Å². The van der Waals surface area contributed by atoms with Crippen LogP contribution in [0, 0.1) is 5.92 Å². The molecular formula is C21H25ClN2O3S. The Morgan fingerprint density at radius 3 is 2.46 bits per heavy atom. The minimum atomic E-state index is -3.63. The predicted molar refractivity (Wildman–Crippen MR) is 110 cm³/mol. The Balaban J connectivity index is 1.72. The maximum atomic E-state index is 13.1. The van der Waals surface area contributed by atoms with E-state index in [4.69, 9.17) is 11.6 Å². The molecule has 1 aliphatic rings. The van der Waals surface area contributed by atoms with E-state index >= 15 is 0 Å². The number of nitrogens with zero attached hydrogens (tertiary/aromatic N) is 2. The van der Waals surface area contributed by atoms with Crippen molar-refractivity contribution < 1.29 is 13.2 Å². The number of halogens is 1. The highest BCUT2D eigenvalue weighted by Crippen LogP contribution is 2.26. The summed E-state index contributed by atoms with van der Waals surface area (Å²) in [5, 5.41) is 0.491. The molecular weight excluding hydrogens is 396 g/mol. The highest BCUT2D eigenvalue weighted by molar-refractivity contribution is 7.89. The number of amides is 1. The van der Waals surface area contributed by atoms with Gasteiger partial charge in [0.2, 0.25) is 15.9 Å². The third-order valence-electron chi connectivity index (χ3n) is 5.09. The van der Waals surface area contributed by atoms with Crippen LogP contribution in [-0.2, 0) is 21.4 Å². The van der Waals surface area contributed by atoms with E-state index in [1.807, 2.05) is 37.3 Å². The average molecular weight is 421 g/mol. The first kappa shape index (κ1) is 20.8. The van der Waals surface area contributed by atoms with E-state index in [9.17, 15) is 13.2 Å². The molecule has 2 aromatic carbocycles. The Hall–Kier alpha value is -1.89. The van der Waals surface area contributed by atoms with E-state index in [0.717, 1.165) is 5.56 Å². The molecule has 7 heteroatoms. The molecule has 0 radical (unpaired) electrons. The van der Waals surface area contributed by atoms with Crippen LogP contribution in [0.4, 0.5) is 0 Å². The molecule has 3 rings (SSSR count). The van der Waals surface area contributed by atoms with E-state index in [1.165, 1.54) is 16.4 Å². The minimum Gasteiger partial charge on any atom is -0.338 e. The lowest BCUT2D eigenvalue weighted by molar-refractivity contribution is -0.137. The number of benzene rings is 2. The monoisotopic (exact) mass is 420 g/mol. The van der Waals surface area contributed by atoms with Gasteiger partial charge in [-0.2, -0.15) is 4.31 Å². The second kappa shape index (κ2) is 9.07. The zero-order chi connectivity index (χ0) is 20.1. The van der Waals surface area contributed by atoms with Crippen molar-refractivity contribution >= 4 is 27.5 Å². The van der Waals surface area contributed by atoms with Gasteiger partial charge in [0, 0.05) is 31.2 Å². The normalized spacial score (nSPS) is 18.0. The third kappa shape index (κ3) is 4.74. The second-order valence-corrected chi connectivity index (χ2v) is 9.37. The molecule has 1 heterocycles. The van der Waals surface area contributed by atoms with Crippen molar-refractivity contribution in [1.29, 1.82) is 0 Å². The first-order chi connectivity index (χ1) is 13.4. The van der Waals surface area contributed by atoms with Crippen molar-refractivity contribution in [2.75, 3.05) is 19.6 Å². The van der Waals surface area contributed by atoms with Gasteiger partial charge in [0.1, 0.15) is 0 Å². The number of hydrogen-bond acceptors (Lipinski definition) is 3. The van der Waals surface area contributed by atoms with Gasteiger partial charge in [-0.25, -0.2) is 8.42 Å². The molecule has 0 aromatic heterocycles. The summed E-state index contributed by atoms with van der Waals surface area (Å²) in [4.78, 5) is 15.1. The van der Waals surface area contributed by atoms with E-state index < -0.39 is 10.0 Å². The van der Waals surface area contributed by atoms with Crippen molar-refractivity contribution in [2.24, 2.45) is 5.92 Å². The minimum absolute atomic E-state index is 0.0161. The van der Waals surface area contributed by atoms with E-state index in [0.29, 0.717) is 37.5 Å². The molecule has 150 valence electrons. The van der Waals surface area contributed by atoms with Crippen molar-refractivity contribution in [2.45, 2.75) is 31.2 Å². The third-order valence-corrected chi connectivity index (χ3v) is 7.23. The Morgan fingerprint density at radius 1 is 1.14 bits per heavy atom. The lowest BCUT2D eigenvalue weighted by Gasteiger charge is -2.34. The molecule has 0 N–H and O–H groups in total. The summed E-state index contributed by atoms with van der Waals surface area (Å²) < 4.78 is 27.3. The van der Waals surface area contributed by atoms with E-state index in [2.05, 4.69) is 0 Å². The van der Waals surface area contributed by atoms with Crippen LogP contribution in [0.5, 0.6) is 0 Å². The molecule has 0 bridgehead atoms. The molecule has 2 aromatic rings. The number of piperidine rings is 1. The molecule has 0 unspecified atom stereocenters. The summed E-state index contributed by atoms with van der Waals surface area (Å²) >= 11 is 5.87. The zero-order valence-corrected chi connectivity index (χ0v) is 17.5. The van der Waals surface area contributed by atoms with Gasteiger partial charge in [0.25, 0.3) is 0 Å². The van der Waals surface area contributed by atoms with Crippen molar-refractivity contribution in [1.82, 2.24) is 9.21 Å². The van der Waals surface area contributed by atoms with Crippen LogP contribution in [-0.4, -0.2) is 43.2 Å². The van der Waals surface area contributed by atoms with Crippen LogP contribution < -0.4 is 0 Å². The molecule has 0 saturated carbocycles. The molecule has 1 amide bonds. The molecule has 0 aliphatic carbocycles. The van der Waals surface area contributed by atoms with Crippen LogP contribution in [0.3, 0.4) is 0 Å². The Bertz CT molecular complexity index is 901. The average Bonchev–Trinajstić information content (AvgIpc) is 2.72. The molecule has 1 aliphatic heterocycles. The second-order valence-electron chi connectivity index (χ2n) is 6.99. The first-order valence-corrected chi connectivity index (χ1v) is 11.3. The molecule has 1 saturated heterocycles. The lowest BCUT2D eigenvalue weighted by Crippen LogP contribution is -2.46. The van der Waals surface area contributed by atoms with Crippen LogP contribution in [0.15, 0.2) is 59.5 Å². The Kier molecular flexibility index (Phi) is 6.75. The summed E-state index contributed by atoms with van der Waals surface area (Å²) in [6.07, 6.45) is 1.38. The zero-order valence-electron chi connectivity index (χ0n) is 15.9. The fourth-order valence-electron chi connectivity index (χ4n) is 3.53. The van der Waals surface area contributed by atoms with Crippen LogP contribution in [0.1, 0.15) is 25.3 Å². The fraction of sp³-hybridized carbons (Fsp3) is 0.381. The molecule has 1 fully saturated rings.